The van der Waals surface area contributed by atoms with Gasteiger partial charge in [0, 0.05) is 104 Å². The number of hydrogen-bond donors (Lipinski definition) is 3. The monoisotopic (exact) mass is 656 g/mol. The number of esters is 1. The molecule has 1 aliphatic rings. The van der Waals surface area contributed by atoms with Gasteiger partial charge in [0.25, 0.3) is 0 Å². The average Bonchev–Trinajstić information content (AvgIpc) is 3.04. The van der Waals surface area contributed by atoms with Gasteiger partial charge in [-0.25, -0.2) is 0 Å². The number of ether oxygens (including phenoxy) is 1. The van der Waals surface area contributed by atoms with Gasteiger partial charge in [0.1, 0.15) is 0 Å². The molecule has 2 aromatic heterocycles. The molecule has 2 aromatic rings. The number of rotatable bonds is 16. The van der Waals surface area contributed by atoms with Gasteiger partial charge in [0.15, 0.2) is 0 Å². The third kappa shape index (κ3) is 15.9. The van der Waals surface area contributed by atoms with E-state index in [9.17, 15) is 29.4 Å². The summed E-state index contributed by atoms with van der Waals surface area (Å²) in [6.07, 6.45) is 3.78. The highest BCUT2D eigenvalue weighted by atomic mass is 16.5. The van der Waals surface area contributed by atoms with Crippen LogP contribution in [0.1, 0.15) is 17.8 Å². The number of aliphatic carboxylic acids is 2. The van der Waals surface area contributed by atoms with Crippen molar-refractivity contribution in [3.8, 4) is 0 Å². The lowest BCUT2D eigenvalue weighted by atomic mass is 10.2. The van der Waals surface area contributed by atoms with Crippen LogP contribution in [0.15, 0.2) is 48.8 Å². The summed E-state index contributed by atoms with van der Waals surface area (Å²) < 4.78 is 4.87. The fourth-order valence-electron chi connectivity index (χ4n) is 5.26. The second-order valence-electron chi connectivity index (χ2n) is 11.5. The molecule has 0 aliphatic carbocycles. The number of hydrogen-bond acceptors (Lipinski definition) is 12. The van der Waals surface area contributed by atoms with Crippen molar-refractivity contribution in [3.63, 3.8) is 0 Å². The molecule has 3 N–H and O–H groups in total. The van der Waals surface area contributed by atoms with Gasteiger partial charge in [-0.1, -0.05) is 12.1 Å². The van der Waals surface area contributed by atoms with E-state index in [1.807, 2.05) is 41.3 Å². The third-order valence-electron chi connectivity index (χ3n) is 7.86. The predicted octanol–water partition coefficient (Wildman–Crippen LogP) is -0.451. The molecular weight excluding hydrogens is 608 g/mol. The van der Waals surface area contributed by atoms with E-state index in [2.05, 4.69) is 25.1 Å². The van der Waals surface area contributed by atoms with Crippen LogP contribution in [-0.2, 0) is 37.0 Å². The molecule has 0 saturated carbocycles. The van der Waals surface area contributed by atoms with E-state index in [-0.39, 0.29) is 37.9 Å². The van der Waals surface area contributed by atoms with Crippen LogP contribution < -0.4 is 5.32 Å². The number of aromatic nitrogens is 2. The van der Waals surface area contributed by atoms with Gasteiger partial charge in [-0.2, -0.15) is 0 Å². The first-order valence-corrected chi connectivity index (χ1v) is 15.9. The zero-order valence-corrected chi connectivity index (χ0v) is 27.2. The molecule has 1 fully saturated rings. The molecule has 15 heteroatoms. The normalized spacial score (nSPS) is 16.2. The SMILES string of the molecule is COC(=O)CN1CCN(CCC(=O)NCCN(Cc2ccccn2)Cc2ccccn2)CCN(CC(=O)O)CCN(CC(=O)O)CC1. The van der Waals surface area contributed by atoms with Crippen LogP contribution in [0.3, 0.4) is 0 Å². The van der Waals surface area contributed by atoms with Crippen LogP contribution in [0.2, 0.25) is 0 Å². The molecular formula is C32H48N8O7. The zero-order valence-electron chi connectivity index (χ0n) is 27.2. The van der Waals surface area contributed by atoms with Gasteiger partial charge in [0.2, 0.25) is 5.91 Å². The number of carbonyl (C=O) groups excluding carboxylic acids is 2. The first kappa shape index (κ1) is 37.4. The molecule has 0 atom stereocenters. The molecule has 15 nitrogen and oxygen atoms in total. The molecule has 1 amide bonds. The Hall–Kier alpha value is -4.02. The number of pyridine rings is 2. The summed E-state index contributed by atoms with van der Waals surface area (Å²) in [6.45, 7) is 5.98. The number of carboxylic acid groups (broad SMARTS) is 2. The fraction of sp³-hybridized carbons (Fsp3) is 0.562. The quantitative estimate of drug-likeness (QED) is 0.198. The molecule has 3 rings (SSSR count). The van der Waals surface area contributed by atoms with Crippen LogP contribution in [0.5, 0.6) is 0 Å². The first-order chi connectivity index (χ1) is 22.7. The van der Waals surface area contributed by atoms with E-state index in [1.165, 1.54) is 7.11 Å². The van der Waals surface area contributed by atoms with Crippen molar-refractivity contribution in [3.05, 3.63) is 60.2 Å². The Morgan fingerprint density at radius 2 is 1.21 bits per heavy atom. The minimum atomic E-state index is -0.972. The molecule has 47 heavy (non-hydrogen) atoms. The average molecular weight is 657 g/mol. The minimum absolute atomic E-state index is 0.0599. The maximum Gasteiger partial charge on any atom is 0.319 e. The predicted molar refractivity (Wildman–Crippen MR) is 173 cm³/mol. The molecule has 0 unspecified atom stereocenters. The standard InChI is InChI=1S/C32H48N8O7/c1-47-32(46)26-39-17-15-36(14-16-37(24-30(42)43)18-19-38(20-21-39)25-31(44)45)12-8-29(41)35-11-13-40(22-27-6-2-4-9-33-27)23-28-7-3-5-10-34-28/h2-7,9-10H,8,11-26H2,1H3,(H,35,41)(H,42,43)(H,44,45). The van der Waals surface area contributed by atoms with Crippen molar-refractivity contribution < 1.29 is 34.1 Å². The Balaban J connectivity index is 1.58. The van der Waals surface area contributed by atoms with Crippen molar-refractivity contribution in [2.75, 3.05) is 98.7 Å². The lowest BCUT2D eigenvalue weighted by molar-refractivity contribution is -0.142. The highest BCUT2D eigenvalue weighted by molar-refractivity contribution is 5.76. The topological polar surface area (TPSA) is 172 Å². The molecule has 0 radical (unpaired) electrons. The highest BCUT2D eigenvalue weighted by Crippen LogP contribution is 2.07. The Kier molecular flexibility index (Phi) is 16.7. The van der Waals surface area contributed by atoms with Gasteiger partial charge in [-0.15, -0.1) is 0 Å². The van der Waals surface area contributed by atoms with Gasteiger partial charge >= 0.3 is 17.9 Å². The lowest BCUT2D eigenvalue weighted by Gasteiger charge is -2.33. The summed E-state index contributed by atoms with van der Waals surface area (Å²) in [5.74, 6) is -2.41. The van der Waals surface area contributed by atoms with E-state index in [1.54, 1.807) is 22.2 Å². The van der Waals surface area contributed by atoms with Crippen LogP contribution in [0.4, 0.5) is 0 Å². The molecule has 0 bridgehead atoms. The van der Waals surface area contributed by atoms with E-state index >= 15 is 0 Å². The Bertz CT molecular complexity index is 1200. The van der Waals surface area contributed by atoms with Crippen LogP contribution in [-0.4, -0.2) is 167 Å². The van der Waals surface area contributed by atoms with Gasteiger partial charge in [-0.05, 0) is 24.3 Å². The van der Waals surface area contributed by atoms with Crippen molar-refractivity contribution >= 4 is 23.8 Å². The molecule has 1 saturated heterocycles. The number of carbonyl (C=O) groups is 4. The molecule has 0 aromatic carbocycles. The van der Waals surface area contributed by atoms with Gasteiger partial charge < -0.3 is 25.2 Å². The maximum atomic E-state index is 12.9. The van der Waals surface area contributed by atoms with Crippen molar-refractivity contribution in [2.24, 2.45) is 0 Å². The maximum absolute atomic E-state index is 12.9. The van der Waals surface area contributed by atoms with Crippen molar-refractivity contribution in [1.29, 1.82) is 0 Å². The Morgan fingerprint density at radius 1 is 0.745 bits per heavy atom. The number of nitrogens with zero attached hydrogens (tertiary/aromatic N) is 7. The summed E-state index contributed by atoms with van der Waals surface area (Å²) >= 11 is 0. The fourth-order valence-corrected chi connectivity index (χ4v) is 5.26. The highest BCUT2D eigenvalue weighted by Gasteiger charge is 2.21. The zero-order chi connectivity index (χ0) is 33.9. The smallest absolute Gasteiger partial charge is 0.319 e. The van der Waals surface area contributed by atoms with Crippen LogP contribution in [0, 0.1) is 0 Å². The number of nitrogens with one attached hydrogen (secondary N) is 1. The first-order valence-electron chi connectivity index (χ1n) is 15.9. The summed E-state index contributed by atoms with van der Waals surface area (Å²) in [4.78, 5) is 66.7. The van der Waals surface area contributed by atoms with E-state index < -0.39 is 11.9 Å². The molecule has 3 heterocycles. The second-order valence-corrected chi connectivity index (χ2v) is 11.5. The number of amides is 1. The number of methoxy groups -OCH3 is 1. The van der Waals surface area contributed by atoms with Gasteiger partial charge in [-0.3, -0.25) is 48.7 Å². The minimum Gasteiger partial charge on any atom is -0.480 e. The summed E-state index contributed by atoms with van der Waals surface area (Å²) in [6, 6.07) is 11.6. The van der Waals surface area contributed by atoms with Crippen molar-refractivity contribution in [2.45, 2.75) is 19.5 Å². The number of carboxylic acids is 2. The molecule has 258 valence electrons. The van der Waals surface area contributed by atoms with Crippen LogP contribution >= 0.6 is 0 Å². The lowest BCUT2D eigenvalue weighted by Crippen LogP contribution is -2.48. The molecule has 0 spiro atoms. The molecule has 1 aliphatic heterocycles. The summed E-state index contributed by atoms with van der Waals surface area (Å²) in [7, 11) is 1.33. The third-order valence-corrected chi connectivity index (χ3v) is 7.86. The van der Waals surface area contributed by atoms with E-state index in [0.717, 1.165) is 11.4 Å². The Morgan fingerprint density at radius 3 is 1.64 bits per heavy atom. The van der Waals surface area contributed by atoms with Crippen molar-refractivity contribution in [1.82, 2.24) is 39.8 Å². The largest absolute Gasteiger partial charge is 0.480 e. The summed E-state index contributed by atoms with van der Waals surface area (Å²) in [5, 5.41) is 21.9. The summed E-state index contributed by atoms with van der Waals surface area (Å²) in [5.41, 5.74) is 1.86. The van der Waals surface area contributed by atoms with E-state index in [0.29, 0.717) is 85.1 Å². The Labute approximate surface area is 276 Å². The second kappa shape index (κ2) is 21.0. The van der Waals surface area contributed by atoms with E-state index in [4.69, 9.17) is 4.74 Å². The van der Waals surface area contributed by atoms with Crippen LogP contribution in [0.25, 0.3) is 0 Å². The van der Waals surface area contributed by atoms with Gasteiger partial charge in [0.05, 0.1) is 38.1 Å².